The Morgan fingerprint density at radius 2 is 1.80 bits per heavy atom. The predicted molar refractivity (Wildman–Crippen MR) is 100 cm³/mol. The topological polar surface area (TPSA) is 46.6 Å². The van der Waals surface area contributed by atoms with E-state index in [4.69, 9.17) is 4.74 Å². The van der Waals surface area contributed by atoms with Gasteiger partial charge in [-0.2, -0.15) is 0 Å². The highest BCUT2D eigenvalue weighted by molar-refractivity contribution is 7.88. The summed E-state index contributed by atoms with van der Waals surface area (Å²) in [7, 11) is -3.28. The predicted octanol–water partition coefficient (Wildman–Crippen LogP) is 3.62. The number of hydrogen-bond donors (Lipinski definition) is 0. The molecule has 3 rings (SSSR count). The highest BCUT2D eigenvalue weighted by atomic mass is 32.2. The molecule has 1 fully saturated rings. The van der Waals surface area contributed by atoms with Gasteiger partial charge in [0.05, 0.1) is 12.4 Å². The summed E-state index contributed by atoms with van der Waals surface area (Å²) in [6, 6.07) is 17.3. The Morgan fingerprint density at radius 1 is 1.08 bits per heavy atom. The number of aryl methyl sites for hydroxylation is 1. The third-order valence-corrected chi connectivity index (χ3v) is 6.39. The summed E-state index contributed by atoms with van der Waals surface area (Å²) in [5.41, 5.74) is 2.03. The first-order valence-corrected chi connectivity index (χ1v) is 10.3. The third-order valence-electron chi connectivity index (χ3n) is 4.57. The van der Waals surface area contributed by atoms with Crippen molar-refractivity contribution in [2.75, 3.05) is 19.7 Å². The van der Waals surface area contributed by atoms with E-state index in [1.165, 1.54) is 5.56 Å². The lowest BCUT2D eigenvalue weighted by atomic mass is 10.0. The molecule has 0 bridgehead atoms. The average Bonchev–Trinajstić information content (AvgIpc) is 2.62. The van der Waals surface area contributed by atoms with Gasteiger partial charge in [-0.15, -0.1) is 0 Å². The summed E-state index contributed by atoms with van der Waals surface area (Å²) < 4.78 is 32.9. The molecule has 0 radical (unpaired) electrons. The van der Waals surface area contributed by atoms with Crippen molar-refractivity contribution in [2.24, 2.45) is 5.92 Å². The van der Waals surface area contributed by atoms with E-state index in [-0.39, 0.29) is 11.7 Å². The Bertz CT molecular complexity index is 772. The smallest absolute Gasteiger partial charge is 0.218 e. The molecule has 134 valence electrons. The molecule has 0 amide bonds. The van der Waals surface area contributed by atoms with E-state index in [9.17, 15) is 8.42 Å². The first-order chi connectivity index (χ1) is 12.0. The minimum absolute atomic E-state index is 0.0688. The second-order valence-electron chi connectivity index (χ2n) is 6.73. The number of rotatable bonds is 6. The monoisotopic (exact) mass is 359 g/mol. The molecule has 1 saturated heterocycles. The van der Waals surface area contributed by atoms with E-state index in [1.807, 2.05) is 61.5 Å². The Hall–Kier alpha value is -1.85. The summed E-state index contributed by atoms with van der Waals surface area (Å²) in [6.07, 6.45) is 1.89. The minimum Gasteiger partial charge on any atom is -0.493 e. The van der Waals surface area contributed by atoms with Crippen molar-refractivity contribution in [1.82, 2.24) is 4.31 Å². The van der Waals surface area contributed by atoms with Crippen molar-refractivity contribution in [2.45, 2.75) is 25.5 Å². The van der Waals surface area contributed by atoms with Crippen molar-refractivity contribution >= 4 is 10.0 Å². The van der Waals surface area contributed by atoms with Gasteiger partial charge in [0.15, 0.2) is 0 Å². The second-order valence-corrected chi connectivity index (χ2v) is 8.70. The maximum atomic E-state index is 12.7. The Balaban J connectivity index is 1.57. The maximum absolute atomic E-state index is 12.7. The van der Waals surface area contributed by atoms with Gasteiger partial charge < -0.3 is 4.74 Å². The number of nitrogens with zero attached hydrogens (tertiary/aromatic N) is 1. The molecule has 1 unspecified atom stereocenters. The first-order valence-electron chi connectivity index (χ1n) is 8.74. The molecule has 1 aliphatic rings. The van der Waals surface area contributed by atoms with Gasteiger partial charge in [-0.1, -0.05) is 48.0 Å². The standard InChI is InChI=1S/C20H25NO3S/c1-17-9-11-20(12-10-17)24-15-19-8-5-13-21(14-19)25(22,23)16-18-6-3-2-4-7-18/h2-4,6-7,9-12,19H,5,8,13-16H2,1H3. The number of ether oxygens (including phenoxy) is 1. The number of sulfonamides is 1. The van der Waals surface area contributed by atoms with Gasteiger partial charge in [0.2, 0.25) is 10.0 Å². The summed E-state index contributed by atoms with van der Waals surface area (Å²) in [5, 5.41) is 0. The van der Waals surface area contributed by atoms with Gasteiger partial charge in [-0.05, 0) is 37.5 Å². The molecular weight excluding hydrogens is 334 g/mol. The largest absolute Gasteiger partial charge is 0.493 e. The molecule has 2 aromatic rings. The van der Waals surface area contributed by atoms with E-state index in [0.29, 0.717) is 19.7 Å². The van der Waals surface area contributed by atoms with Gasteiger partial charge in [0.1, 0.15) is 5.75 Å². The van der Waals surface area contributed by atoms with Gasteiger partial charge in [0, 0.05) is 19.0 Å². The van der Waals surface area contributed by atoms with Crippen LogP contribution in [0.3, 0.4) is 0 Å². The Labute approximate surface area is 150 Å². The van der Waals surface area contributed by atoms with Crippen LogP contribution in [-0.4, -0.2) is 32.4 Å². The van der Waals surface area contributed by atoms with Crippen molar-refractivity contribution in [3.05, 3.63) is 65.7 Å². The zero-order valence-electron chi connectivity index (χ0n) is 14.6. The molecule has 25 heavy (non-hydrogen) atoms. The van der Waals surface area contributed by atoms with Crippen LogP contribution in [0, 0.1) is 12.8 Å². The first kappa shape index (κ1) is 18.0. The van der Waals surface area contributed by atoms with Gasteiger partial charge in [0.25, 0.3) is 0 Å². The molecule has 0 saturated carbocycles. The Kier molecular flexibility index (Phi) is 5.76. The number of piperidine rings is 1. The van der Waals surface area contributed by atoms with E-state index in [2.05, 4.69) is 0 Å². The summed E-state index contributed by atoms with van der Waals surface area (Å²) in [4.78, 5) is 0. The van der Waals surface area contributed by atoms with Gasteiger partial charge in [-0.25, -0.2) is 12.7 Å². The molecule has 5 heteroatoms. The van der Waals surface area contributed by atoms with E-state index >= 15 is 0 Å². The fourth-order valence-corrected chi connectivity index (χ4v) is 4.78. The molecule has 2 aromatic carbocycles. The van der Waals surface area contributed by atoms with Crippen molar-refractivity contribution in [3.8, 4) is 5.75 Å². The molecule has 1 aliphatic heterocycles. The van der Waals surface area contributed by atoms with E-state index in [0.717, 1.165) is 24.2 Å². The fourth-order valence-electron chi connectivity index (χ4n) is 3.14. The van der Waals surface area contributed by atoms with E-state index < -0.39 is 10.0 Å². The molecule has 4 nitrogen and oxygen atoms in total. The highest BCUT2D eigenvalue weighted by Crippen LogP contribution is 2.23. The molecular formula is C20H25NO3S. The SMILES string of the molecule is Cc1ccc(OCC2CCCN(S(=O)(=O)Cc3ccccc3)C2)cc1. The van der Waals surface area contributed by atoms with Crippen LogP contribution < -0.4 is 4.74 Å². The lowest BCUT2D eigenvalue weighted by Gasteiger charge is -2.31. The maximum Gasteiger partial charge on any atom is 0.218 e. The van der Waals surface area contributed by atoms with Crippen molar-refractivity contribution in [1.29, 1.82) is 0 Å². The van der Waals surface area contributed by atoms with Crippen LogP contribution in [0.4, 0.5) is 0 Å². The molecule has 0 spiro atoms. The zero-order valence-corrected chi connectivity index (χ0v) is 15.4. The summed E-state index contributed by atoms with van der Waals surface area (Å²) in [5.74, 6) is 1.15. The van der Waals surface area contributed by atoms with Crippen LogP contribution in [0.5, 0.6) is 5.75 Å². The lowest BCUT2D eigenvalue weighted by Crippen LogP contribution is -2.42. The van der Waals surface area contributed by atoms with Gasteiger partial charge in [-0.3, -0.25) is 0 Å². The van der Waals surface area contributed by atoms with Crippen LogP contribution in [0.15, 0.2) is 54.6 Å². The lowest BCUT2D eigenvalue weighted by molar-refractivity contribution is 0.180. The fraction of sp³-hybridized carbons (Fsp3) is 0.400. The van der Waals surface area contributed by atoms with Gasteiger partial charge >= 0.3 is 0 Å². The van der Waals surface area contributed by atoms with Crippen LogP contribution >= 0.6 is 0 Å². The van der Waals surface area contributed by atoms with Crippen LogP contribution in [0.25, 0.3) is 0 Å². The molecule has 1 atom stereocenters. The van der Waals surface area contributed by atoms with Crippen molar-refractivity contribution in [3.63, 3.8) is 0 Å². The van der Waals surface area contributed by atoms with E-state index in [1.54, 1.807) is 4.31 Å². The van der Waals surface area contributed by atoms with Crippen molar-refractivity contribution < 1.29 is 13.2 Å². The van der Waals surface area contributed by atoms with Crippen LogP contribution in [0.2, 0.25) is 0 Å². The summed E-state index contributed by atoms with van der Waals surface area (Å²) in [6.45, 7) is 3.75. The second kappa shape index (κ2) is 8.02. The molecule has 0 aliphatic carbocycles. The van der Waals surface area contributed by atoms with Crippen LogP contribution in [-0.2, 0) is 15.8 Å². The molecule has 0 N–H and O–H groups in total. The normalized spacial score (nSPS) is 18.8. The Morgan fingerprint density at radius 3 is 2.52 bits per heavy atom. The average molecular weight is 359 g/mol. The zero-order chi connectivity index (χ0) is 17.7. The minimum atomic E-state index is -3.28. The summed E-state index contributed by atoms with van der Waals surface area (Å²) >= 11 is 0. The molecule has 1 heterocycles. The third kappa shape index (κ3) is 5.06. The quantitative estimate of drug-likeness (QED) is 0.791. The van der Waals surface area contributed by atoms with Crippen LogP contribution in [0.1, 0.15) is 24.0 Å². The highest BCUT2D eigenvalue weighted by Gasteiger charge is 2.29. The number of benzene rings is 2. The number of hydrogen-bond acceptors (Lipinski definition) is 3. The molecule has 0 aromatic heterocycles.